The van der Waals surface area contributed by atoms with Crippen LogP contribution >= 0.6 is 22.7 Å². The van der Waals surface area contributed by atoms with Crippen LogP contribution in [0, 0.1) is 22.7 Å². The molecular formula is C68H36N4OS2. The second-order valence-corrected chi connectivity index (χ2v) is 21.3. The molecule has 0 amide bonds. The Kier molecular flexibility index (Phi) is 8.85. The van der Waals surface area contributed by atoms with Crippen molar-refractivity contribution in [3.05, 3.63) is 230 Å². The highest BCUT2D eigenvalue weighted by molar-refractivity contribution is 7.27. The first-order valence-corrected chi connectivity index (χ1v) is 26.6. The molecule has 75 heavy (non-hydrogen) atoms. The molecule has 5 aromatic heterocycles. The summed E-state index contributed by atoms with van der Waals surface area (Å²) in [5.74, 6) is 0. The van der Waals surface area contributed by atoms with Gasteiger partial charge < -0.3 is 13.6 Å². The fourth-order valence-electron chi connectivity index (χ4n) is 12.4. The number of benzene rings is 11. The molecule has 0 unspecified atom stereocenters. The Morgan fingerprint density at radius 3 is 1.44 bits per heavy atom. The van der Waals surface area contributed by atoms with Gasteiger partial charge in [-0.2, -0.15) is 10.5 Å². The zero-order chi connectivity index (χ0) is 49.5. The molecular weight excluding hydrogens is 953 g/mol. The first-order valence-electron chi connectivity index (χ1n) is 25.0. The topological polar surface area (TPSA) is 70.6 Å². The molecule has 0 saturated heterocycles. The van der Waals surface area contributed by atoms with Crippen molar-refractivity contribution in [3.63, 3.8) is 0 Å². The number of fused-ring (bicyclic) bond motifs is 17. The smallest absolute Gasteiger partial charge is 0.136 e. The van der Waals surface area contributed by atoms with Crippen LogP contribution in [0.3, 0.4) is 0 Å². The minimum absolute atomic E-state index is 0.413. The molecule has 5 nitrogen and oxygen atoms in total. The van der Waals surface area contributed by atoms with Crippen molar-refractivity contribution in [3.8, 4) is 56.9 Å². The van der Waals surface area contributed by atoms with Gasteiger partial charge in [0.2, 0.25) is 0 Å². The number of hydrogen-bond acceptors (Lipinski definition) is 5. The Bertz CT molecular complexity index is 5080. The SMILES string of the molecule is N#Cc1c(-c2ccccc2)c(C#N)c(-n2c3c(ccc4c5ccccc5sc43)c3ccc4c5ccccc5sc4c32)c(-c2ccccc2)c1-n1c2ccccc2c2c(-c3cccc4oc5ccccc5c34)cccc21. The van der Waals surface area contributed by atoms with Gasteiger partial charge in [0.25, 0.3) is 0 Å². The Morgan fingerprint density at radius 1 is 0.347 bits per heavy atom. The van der Waals surface area contributed by atoms with E-state index in [1.54, 1.807) is 22.7 Å². The third-order valence-electron chi connectivity index (χ3n) is 15.4. The van der Waals surface area contributed by atoms with Crippen LogP contribution < -0.4 is 0 Å². The van der Waals surface area contributed by atoms with Crippen molar-refractivity contribution in [1.82, 2.24) is 9.13 Å². The van der Waals surface area contributed by atoms with Gasteiger partial charge >= 0.3 is 0 Å². The van der Waals surface area contributed by atoms with Gasteiger partial charge in [-0.25, -0.2) is 0 Å². The van der Waals surface area contributed by atoms with Gasteiger partial charge in [-0.05, 0) is 58.7 Å². The van der Waals surface area contributed by atoms with Crippen molar-refractivity contribution in [2.24, 2.45) is 0 Å². The van der Waals surface area contributed by atoms with E-state index in [0.29, 0.717) is 22.4 Å². The summed E-state index contributed by atoms with van der Waals surface area (Å²) in [5, 5.41) is 35.5. The Balaban J connectivity index is 1.17. The lowest BCUT2D eigenvalue weighted by Gasteiger charge is -2.25. The summed E-state index contributed by atoms with van der Waals surface area (Å²) in [4.78, 5) is 0. The zero-order valence-corrected chi connectivity index (χ0v) is 41.4. The molecule has 5 heterocycles. The summed E-state index contributed by atoms with van der Waals surface area (Å²) >= 11 is 3.58. The number of furan rings is 1. The van der Waals surface area contributed by atoms with E-state index in [0.717, 1.165) is 119 Å². The average Bonchev–Trinajstić information content (AvgIpc) is 4.41. The predicted octanol–water partition coefficient (Wildman–Crippen LogP) is 19.3. The van der Waals surface area contributed by atoms with Crippen molar-refractivity contribution in [2.75, 3.05) is 0 Å². The van der Waals surface area contributed by atoms with Gasteiger partial charge in [-0.15, -0.1) is 22.7 Å². The van der Waals surface area contributed by atoms with Gasteiger partial charge in [0.1, 0.15) is 23.3 Å². The first-order chi connectivity index (χ1) is 37.2. The van der Waals surface area contributed by atoms with Gasteiger partial charge in [0.05, 0.1) is 54.0 Å². The first kappa shape index (κ1) is 41.8. The largest absolute Gasteiger partial charge is 0.456 e. The van der Waals surface area contributed by atoms with Crippen LogP contribution in [-0.4, -0.2) is 9.13 Å². The molecule has 0 bridgehead atoms. The van der Waals surface area contributed by atoms with E-state index < -0.39 is 0 Å². The van der Waals surface area contributed by atoms with E-state index in [4.69, 9.17) is 4.42 Å². The second-order valence-electron chi connectivity index (χ2n) is 19.2. The molecule has 0 aliphatic carbocycles. The molecule has 0 aliphatic heterocycles. The molecule has 0 saturated carbocycles. The van der Waals surface area contributed by atoms with Crippen LogP contribution in [-0.2, 0) is 0 Å². The number of aromatic nitrogens is 2. The highest BCUT2D eigenvalue weighted by Crippen LogP contribution is 2.53. The van der Waals surface area contributed by atoms with Crippen molar-refractivity contribution >= 4 is 129 Å². The van der Waals surface area contributed by atoms with E-state index in [1.165, 1.54) is 20.2 Å². The van der Waals surface area contributed by atoms with Crippen LogP contribution in [0.25, 0.3) is 151 Å². The van der Waals surface area contributed by atoms with Crippen LogP contribution in [0.15, 0.2) is 223 Å². The summed E-state index contributed by atoms with van der Waals surface area (Å²) in [7, 11) is 0. The maximum absolute atomic E-state index is 12.2. The van der Waals surface area contributed by atoms with Gasteiger partial charge in [0.15, 0.2) is 0 Å². The standard InChI is InChI=1S/C68H36N4OS2/c69-37-51-59(39-17-3-1-4-18-39)52(38-70)64(72-65-45(33-35-47-41-21-9-13-31-57(41)74-67(47)65)46-34-36-48-42-22-10-14-32-58(42)75-68(48)66(46)72)60(40-19-5-2-6-20-40)63(51)71-53-27-11-7-23-49(53)61-43(25-15-28-54(61)71)44-26-16-30-56-62(44)50-24-8-12-29-55(50)73-56/h1-36H. The number of para-hydroxylation sites is 2. The summed E-state index contributed by atoms with van der Waals surface area (Å²) in [5.41, 5.74) is 13.0. The number of nitriles is 2. The minimum Gasteiger partial charge on any atom is -0.456 e. The normalized spacial score (nSPS) is 12.0. The predicted molar refractivity (Wildman–Crippen MR) is 314 cm³/mol. The maximum atomic E-state index is 12.2. The van der Waals surface area contributed by atoms with Crippen LogP contribution in [0.1, 0.15) is 11.1 Å². The fourth-order valence-corrected chi connectivity index (χ4v) is 14.9. The Morgan fingerprint density at radius 2 is 0.813 bits per heavy atom. The van der Waals surface area contributed by atoms with Crippen LogP contribution in [0.2, 0.25) is 0 Å². The highest BCUT2D eigenvalue weighted by atomic mass is 32.1. The number of rotatable bonds is 5. The quantitative estimate of drug-likeness (QED) is 0.172. The molecule has 0 spiro atoms. The van der Waals surface area contributed by atoms with Gasteiger partial charge in [-0.1, -0.05) is 182 Å². The molecule has 11 aromatic carbocycles. The van der Waals surface area contributed by atoms with Crippen molar-refractivity contribution in [1.29, 1.82) is 10.5 Å². The molecule has 0 fully saturated rings. The van der Waals surface area contributed by atoms with Crippen molar-refractivity contribution in [2.45, 2.75) is 0 Å². The molecule has 0 N–H and O–H groups in total. The third-order valence-corrected chi connectivity index (χ3v) is 17.8. The summed E-state index contributed by atoms with van der Waals surface area (Å²) in [6, 6.07) is 82.2. The monoisotopic (exact) mass is 988 g/mol. The minimum atomic E-state index is 0.413. The molecule has 7 heteroatoms. The summed E-state index contributed by atoms with van der Waals surface area (Å²) < 4.78 is 15.9. The molecule has 0 aliphatic rings. The van der Waals surface area contributed by atoms with Gasteiger partial charge in [0, 0.05) is 74.4 Å². The number of nitrogens with zero attached hydrogens (tertiary/aromatic N) is 4. The van der Waals surface area contributed by atoms with E-state index >= 15 is 0 Å². The highest BCUT2D eigenvalue weighted by Gasteiger charge is 2.33. The van der Waals surface area contributed by atoms with E-state index in [2.05, 4.69) is 185 Å². The van der Waals surface area contributed by atoms with E-state index in [1.807, 2.05) is 54.6 Å². The second kappa shape index (κ2) is 15.9. The van der Waals surface area contributed by atoms with E-state index in [-0.39, 0.29) is 0 Å². The lowest BCUT2D eigenvalue weighted by atomic mass is 9.86. The van der Waals surface area contributed by atoms with Crippen LogP contribution in [0.4, 0.5) is 0 Å². The lowest BCUT2D eigenvalue weighted by Crippen LogP contribution is -2.11. The number of hydrogen-bond donors (Lipinski definition) is 0. The fraction of sp³-hybridized carbons (Fsp3) is 0. The summed E-state index contributed by atoms with van der Waals surface area (Å²) in [6.45, 7) is 0. The molecule has 0 radical (unpaired) electrons. The summed E-state index contributed by atoms with van der Waals surface area (Å²) in [6.07, 6.45) is 0. The molecule has 16 aromatic rings. The lowest BCUT2D eigenvalue weighted by molar-refractivity contribution is 0.669. The van der Waals surface area contributed by atoms with Crippen molar-refractivity contribution < 1.29 is 4.42 Å². The average molecular weight is 989 g/mol. The molecule has 346 valence electrons. The molecule has 16 rings (SSSR count). The number of thiophene rings is 2. The van der Waals surface area contributed by atoms with Gasteiger partial charge in [-0.3, -0.25) is 0 Å². The zero-order valence-electron chi connectivity index (χ0n) is 39.8. The van der Waals surface area contributed by atoms with Crippen LogP contribution in [0.5, 0.6) is 0 Å². The maximum Gasteiger partial charge on any atom is 0.136 e. The Hall–Kier alpha value is -9.76. The third kappa shape index (κ3) is 5.74. The Labute approximate surface area is 436 Å². The molecule has 0 atom stereocenters. The van der Waals surface area contributed by atoms with E-state index in [9.17, 15) is 10.5 Å².